The third-order valence-corrected chi connectivity index (χ3v) is 4.88. The number of hydrogen-bond acceptors (Lipinski definition) is 4. The second kappa shape index (κ2) is 6.65. The van der Waals surface area contributed by atoms with E-state index in [4.69, 9.17) is 0 Å². The summed E-state index contributed by atoms with van der Waals surface area (Å²) < 4.78 is 0. The minimum atomic E-state index is 0.0777. The highest BCUT2D eigenvalue weighted by Gasteiger charge is 2.09. The largest absolute Gasteiger partial charge is 0.348 e. The van der Waals surface area contributed by atoms with Gasteiger partial charge < -0.3 is 9.88 Å². The third-order valence-electron chi connectivity index (χ3n) is 3.95. The number of aromatic nitrogens is 3. The van der Waals surface area contributed by atoms with Crippen molar-refractivity contribution < 1.29 is 4.79 Å². The summed E-state index contributed by atoms with van der Waals surface area (Å²) in [5.74, 6) is 1.28. The van der Waals surface area contributed by atoms with E-state index in [1.54, 1.807) is 25.2 Å². The van der Waals surface area contributed by atoms with Crippen molar-refractivity contribution in [2.24, 2.45) is 0 Å². The Balaban J connectivity index is 1.79. The molecule has 0 radical (unpaired) electrons. The van der Waals surface area contributed by atoms with Crippen molar-refractivity contribution in [1.82, 2.24) is 19.9 Å². The average molecular weight is 340 g/mol. The molecule has 0 aliphatic carbocycles. The molecule has 0 bridgehead atoms. The smallest absolute Gasteiger partial charge is 0.232 e. The quantitative estimate of drug-likeness (QED) is 0.739. The van der Waals surface area contributed by atoms with E-state index in [0.717, 1.165) is 27.4 Å². The maximum absolute atomic E-state index is 11.6. The van der Waals surface area contributed by atoms with Gasteiger partial charge in [-0.1, -0.05) is 11.8 Å². The Kier molecular flexibility index (Phi) is 4.57. The minimum absolute atomic E-state index is 0.0777. The first kappa shape index (κ1) is 16.5. The summed E-state index contributed by atoms with van der Waals surface area (Å²) in [6, 6.07) is 8.11. The molecule has 0 saturated heterocycles. The van der Waals surface area contributed by atoms with Crippen molar-refractivity contribution in [3.05, 3.63) is 41.6 Å². The SMILES string of the molecule is Cc1cc2nc(-c3ccc(SCC(=O)N(C)C)nc3)[nH]c2cc1C. The number of carbonyl (C=O) groups is 1. The molecule has 1 N–H and O–H groups in total. The predicted molar refractivity (Wildman–Crippen MR) is 98.2 cm³/mol. The summed E-state index contributed by atoms with van der Waals surface area (Å²) in [5, 5.41) is 0.830. The molecule has 1 aromatic carbocycles. The van der Waals surface area contributed by atoms with Gasteiger partial charge in [0.1, 0.15) is 5.82 Å². The van der Waals surface area contributed by atoms with Gasteiger partial charge in [-0.15, -0.1) is 0 Å². The number of thioether (sulfide) groups is 1. The Bertz CT molecular complexity index is 845. The molecule has 5 nitrogen and oxygen atoms in total. The van der Waals surface area contributed by atoms with Crippen molar-refractivity contribution in [1.29, 1.82) is 0 Å². The summed E-state index contributed by atoms with van der Waals surface area (Å²) in [6.45, 7) is 4.18. The number of hydrogen-bond donors (Lipinski definition) is 1. The highest BCUT2D eigenvalue weighted by Crippen LogP contribution is 2.24. The Labute approximate surface area is 145 Å². The second-order valence-electron chi connectivity index (χ2n) is 6.00. The fourth-order valence-corrected chi connectivity index (χ4v) is 3.10. The van der Waals surface area contributed by atoms with Gasteiger partial charge in [0.25, 0.3) is 0 Å². The van der Waals surface area contributed by atoms with Crippen LogP contribution < -0.4 is 0 Å². The normalized spacial score (nSPS) is 11.0. The van der Waals surface area contributed by atoms with Crippen LogP contribution in [0.2, 0.25) is 0 Å². The molecule has 0 aliphatic rings. The lowest BCUT2D eigenvalue weighted by Crippen LogP contribution is -2.23. The third kappa shape index (κ3) is 3.43. The summed E-state index contributed by atoms with van der Waals surface area (Å²) in [5.41, 5.74) is 5.40. The first-order chi connectivity index (χ1) is 11.4. The summed E-state index contributed by atoms with van der Waals surface area (Å²) in [6.07, 6.45) is 1.79. The molecule has 0 atom stereocenters. The van der Waals surface area contributed by atoms with E-state index in [1.165, 1.54) is 22.9 Å². The zero-order chi connectivity index (χ0) is 17.3. The molecule has 0 saturated carbocycles. The molecule has 3 aromatic rings. The number of pyridine rings is 1. The van der Waals surface area contributed by atoms with E-state index in [1.807, 2.05) is 12.1 Å². The molecule has 124 valence electrons. The molecule has 0 aliphatic heterocycles. The average Bonchev–Trinajstić information content (AvgIpc) is 2.96. The Morgan fingerprint density at radius 1 is 1.21 bits per heavy atom. The van der Waals surface area contributed by atoms with Crippen molar-refractivity contribution in [3.63, 3.8) is 0 Å². The van der Waals surface area contributed by atoms with E-state index in [9.17, 15) is 4.79 Å². The summed E-state index contributed by atoms with van der Waals surface area (Å²) in [7, 11) is 3.51. The highest BCUT2D eigenvalue weighted by molar-refractivity contribution is 7.99. The number of aryl methyl sites for hydroxylation is 2. The van der Waals surface area contributed by atoms with Crippen LogP contribution in [0.1, 0.15) is 11.1 Å². The van der Waals surface area contributed by atoms with Crippen LogP contribution in [0.5, 0.6) is 0 Å². The maximum Gasteiger partial charge on any atom is 0.232 e. The highest BCUT2D eigenvalue weighted by atomic mass is 32.2. The Hall–Kier alpha value is -2.34. The van der Waals surface area contributed by atoms with E-state index in [0.29, 0.717) is 5.75 Å². The van der Waals surface area contributed by atoms with Crippen LogP contribution in [0.25, 0.3) is 22.4 Å². The van der Waals surface area contributed by atoms with Crippen LogP contribution in [-0.4, -0.2) is 45.6 Å². The van der Waals surface area contributed by atoms with Gasteiger partial charge in [-0.25, -0.2) is 9.97 Å². The molecule has 6 heteroatoms. The summed E-state index contributed by atoms with van der Waals surface area (Å²) in [4.78, 5) is 25.6. The first-order valence-electron chi connectivity index (χ1n) is 7.70. The molecule has 2 heterocycles. The number of H-pyrrole nitrogens is 1. The van der Waals surface area contributed by atoms with E-state index in [-0.39, 0.29) is 5.91 Å². The van der Waals surface area contributed by atoms with Gasteiger partial charge >= 0.3 is 0 Å². The number of aromatic amines is 1. The van der Waals surface area contributed by atoms with Crippen LogP contribution in [0, 0.1) is 13.8 Å². The zero-order valence-electron chi connectivity index (χ0n) is 14.3. The van der Waals surface area contributed by atoms with Crippen LogP contribution in [0.3, 0.4) is 0 Å². The van der Waals surface area contributed by atoms with Crippen LogP contribution >= 0.6 is 11.8 Å². The zero-order valence-corrected chi connectivity index (χ0v) is 15.1. The van der Waals surface area contributed by atoms with Crippen molar-refractivity contribution in [2.45, 2.75) is 18.9 Å². The molecule has 0 unspecified atom stereocenters. The predicted octanol–water partition coefficient (Wildman–Crippen LogP) is 3.42. The topological polar surface area (TPSA) is 61.9 Å². The van der Waals surface area contributed by atoms with E-state index < -0.39 is 0 Å². The van der Waals surface area contributed by atoms with Gasteiger partial charge in [-0.3, -0.25) is 4.79 Å². The van der Waals surface area contributed by atoms with Gasteiger partial charge in [-0.2, -0.15) is 0 Å². The number of imidazole rings is 1. The second-order valence-corrected chi connectivity index (χ2v) is 7.00. The lowest BCUT2D eigenvalue weighted by Gasteiger charge is -2.09. The first-order valence-corrected chi connectivity index (χ1v) is 8.69. The molecular formula is C18H20N4OS. The van der Waals surface area contributed by atoms with Gasteiger partial charge in [0.2, 0.25) is 5.91 Å². The fourth-order valence-electron chi connectivity index (χ4n) is 2.28. The Morgan fingerprint density at radius 2 is 1.96 bits per heavy atom. The standard InChI is InChI=1S/C18H20N4OS/c1-11-7-14-15(8-12(11)2)21-18(20-14)13-5-6-16(19-9-13)24-10-17(23)22(3)4/h5-9H,10H2,1-4H3,(H,20,21). The van der Waals surface area contributed by atoms with Crippen LogP contribution in [0.4, 0.5) is 0 Å². The number of benzene rings is 1. The van der Waals surface area contributed by atoms with Gasteiger partial charge in [0, 0.05) is 25.9 Å². The minimum Gasteiger partial charge on any atom is -0.348 e. The molecule has 3 rings (SSSR count). The molecular weight excluding hydrogens is 320 g/mol. The van der Waals surface area contributed by atoms with Crippen molar-refractivity contribution in [3.8, 4) is 11.4 Å². The molecule has 2 aromatic heterocycles. The lowest BCUT2D eigenvalue weighted by atomic mass is 10.1. The Morgan fingerprint density at radius 3 is 2.62 bits per heavy atom. The maximum atomic E-state index is 11.6. The monoisotopic (exact) mass is 340 g/mol. The number of rotatable bonds is 4. The molecule has 0 spiro atoms. The lowest BCUT2D eigenvalue weighted by molar-refractivity contribution is -0.125. The molecule has 0 fully saturated rings. The number of amides is 1. The number of nitrogens with zero attached hydrogens (tertiary/aromatic N) is 3. The fraction of sp³-hybridized carbons (Fsp3) is 0.278. The van der Waals surface area contributed by atoms with Gasteiger partial charge in [0.05, 0.1) is 21.8 Å². The number of carbonyl (C=O) groups excluding carboxylic acids is 1. The summed E-state index contributed by atoms with van der Waals surface area (Å²) >= 11 is 1.44. The van der Waals surface area contributed by atoms with Crippen LogP contribution in [-0.2, 0) is 4.79 Å². The van der Waals surface area contributed by atoms with E-state index in [2.05, 4.69) is 40.9 Å². The van der Waals surface area contributed by atoms with Gasteiger partial charge in [-0.05, 0) is 49.2 Å². The van der Waals surface area contributed by atoms with E-state index >= 15 is 0 Å². The van der Waals surface area contributed by atoms with Gasteiger partial charge in [0.15, 0.2) is 0 Å². The number of nitrogens with one attached hydrogen (secondary N) is 1. The molecule has 24 heavy (non-hydrogen) atoms. The van der Waals surface area contributed by atoms with Crippen LogP contribution in [0.15, 0.2) is 35.5 Å². The van der Waals surface area contributed by atoms with Crippen molar-refractivity contribution in [2.75, 3.05) is 19.8 Å². The molecule has 1 amide bonds. The van der Waals surface area contributed by atoms with Crippen molar-refractivity contribution >= 4 is 28.7 Å². The number of fused-ring (bicyclic) bond motifs is 1.